The molecule has 1 heterocycles. The van der Waals surface area contributed by atoms with Crippen LogP contribution >= 0.6 is 12.2 Å². The normalized spacial score (nSPS) is 15.4. The number of anilines is 1. The lowest BCUT2D eigenvalue weighted by molar-refractivity contribution is -0.122. The molecular weight excluding hydrogens is 412 g/mol. The van der Waals surface area contributed by atoms with Gasteiger partial charge in [-0.2, -0.15) is 0 Å². The van der Waals surface area contributed by atoms with Crippen LogP contribution in [0, 0.1) is 0 Å². The molecule has 0 atom stereocenters. The maximum atomic E-state index is 13.3. The molecule has 7 heteroatoms. The van der Waals surface area contributed by atoms with Crippen LogP contribution in [0.5, 0.6) is 11.5 Å². The molecule has 1 saturated heterocycles. The molecule has 0 aliphatic carbocycles. The average molecular weight is 433 g/mol. The molecule has 1 N–H and O–H groups in total. The quantitative estimate of drug-likeness (QED) is 0.374. The third kappa shape index (κ3) is 3.87. The summed E-state index contributed by atoms with van der Waals surface area (Å²) in [4.78, 5) is 27.3. The average Bonchev–Trinajstić information content (AvgIpc) is 2.77. The number of ether oxygens (including phenoxy) is 2. The zero-order valence-corrected chi connectivity index (χ0v) is 17.9. The molecule has 0 saturated carbocycles. The topological polar surface area (TPSA) is 67.9 Å². The van der Waals surface area contributed by atoms with Gasteiger partial charge in [-0.25, -0.2) is 0 Å². The summed E-state index contributed by atoms with van der Waals surface area (Å²) in [6.45, 7) is 2.43. The number of methoxy groups -OCH3 is 1. The van der Waals surface area contributed by atoms with Crippen LogP contribution in [0.3, 0.4) is 0 Å². The van der Waals surface area contributed by atoms with E-state index in [1.807, 2.05) is 43.3 Å². The summed E-state index contributed by atoms with van der Waals surface area (Å²) in [6, 6.07) is 18.4. The number of hydrogen-bond acceptors (Lipinski definition) is 5. The molecule has 2 amide bonds. The highest BCUT2D eigenvalue weighted by Gasteiger charge is 2.34. The van der Waals surface area contributed by atoms with E-state index in [0.29, 0.717) is 29.4 Å². The van der Waals surface area contributed by atoms with Gasteiger partial charge in [-0.15, -0.1) is 0 Å². The summed E-state index contributed by atoms with van der Waals surface area (Å²) in [5.41, 5.74) is 1.16. The minimum absolute atomic E-state index is 0.0289. The van der Waals surface area contributed by atoms with Crippen molar-refractivity contribution in [3.8, 4) is 11.5 Å². The van der Waals surface area contributed by atoms with Crippen LogP contribution in [0.1, 0.15) is 12.5 Å². The molecule has 1 aliphatic rings. The second-order valence-corrected chi connectivity index (χ2v) is 7.17. The Balaban J connectivity index is 1.79. The van der Waals surface area contributed by atoms with Crippen LogP contribution in [0.4, 0.5) is 5.69 Å². The van der Waals surface area contributed by atoms with Crippen LogP contribution < -0.4 is 19.7 Å². The molecule has 0 unspecified atom stereocenters. The fourth-order valence-corrected chi connectivity index (χ4v) is 3.78. The number of thiocarbonyl (C=S) groups is 1. The van der Waals surface area contributed by atoms with Crippen molar-refractivity contribution in [2.45, 2.75) is 6.92 Å². The van der Waals surface area contributed by atoms with E-state index in [2.05, 4.69) is 5.32 Å². The number of carbonyl (C=O) groups excluding carboxylic acids is 2. The number of rotatable bonds is 5. The third-order valence-corrected chi connectivity index (χ3v) is 5.23. The summed E-state index contributed by atoms with van der Waals surface area (Å²) < 4.78 is 10.9. The highest BCUT2D eigenvalue weighted by molar-refractivity contribution is 7.80. The summed E-state index contributed by atoms with van der Waals surface area (Å²) in [7, 11) is 1.55. The van der Waals surface area contributed by atoms with Gasteiger partial charge < -0.3 is 9.47 Å². The van der Waals surface area contributed by atoms with Crippen molar-refractivity contribution >= 4 is 51.7 Å². The summed E-state index contributed by atoms with van der Waals surface area (Å²) in [5.74, 6) is 0.189. The number of hydrogen-bond donors (Lipinski definition) is 1. The van der Waals surface area contributed by atoms with Crippen molar-refractivity contribution in [3.05, 3.63) is 71.8 Å². The van der Waals surface area contributed by atoms with Crippen LogP contribution in [0.15, 0.2) is 66.2 Å². The number of amides is 2. The van der Waals surface area contributed by atoms with E-state index in [-0.39, 0.29) is 10.7 Å². The standard InChI is InChI=1S/C24H20N2O4S/c1-3-30-17-11-9-16(10-12-17)26-23(28)20(22(27)25-24(26)31)14-19-18-7-5-4-6-15(18)8-13-21(19)29-2/h4-14H,3H2,1-2H3,(H,25,27,31)/b20-14+. The highest BCUT2D eigenvalue weighted by atomic mass is 32.1. The highest BCUT2D eigenvalue weighted by Crippen LogP contribution is 2.31. The van der Waals surface area contributed by atoms with Crippen molar-refractivity contribution in [2.24, 2.45) is 0 Å². The van der Waals surface area contributed by atoms with Gasteiger partial charge in [0.2, 0.25) is 0 Å². The lowest BCUT2D eigenvalue weighted by Crippen LogP contribution is -2.54. The van der Waals surface area contributed by atoms with Gasteiger partial charge in [0.1, 0.15) is 17.1 Å². The smallest absolute Gasteiger partial charge is 0.270 e. The Hall–Kier alpha value is -3.71. The lowest BCUT2D eigenvalue weighted by Gasteiger charge is -2.29. The number of nitrogens with zero attached hydrogens (tertiary/aromatic N) is 1. The van der Waals surface area contributed by atoms with Gasteiger partial charge in [0.05, 0.1) is 19.4 Å². The second kappa shape index (κ2) is 8.57. The molecule has 1 fully saturated rings. The van der Waals surface area contributed by atoms with Gasteiger partial charge in [-0.05, 0) is 66.3 Å². The first-order valence-corrected chi connectivity index (χ1v) is 10.1. The molecule has 31 heavy (non-hydrogen) atoms. The Morgan fingerprint density at radius 2 is 1.77 bits per heavy atom. The number of nitrogens with one attached hydrogen (secondary N) is 1. The third-order valence-electron chi connectivity index (χ3n) is 4.95. The Kier molecular flexibility index (Phi) is 5.68. The van der Waals surface area contributed by atoms with E-state index in [1.165, 1.54) is 4.90 Å². The largest absolute Gasteiger partial charge is 0.496 e. The fraction of sp³-hybridized carbons (Fsp3) is 0.125. The molecule has 3 aromatic carbocycles. The van der Waals surface area contributed by atoms with E-state index in [9.17, 15) is 9.59 Å². The van der Waals surface area contributed by atoms with Crippen LogP contribution in [-0.4, -0.2) is 30.6 Å². The summed E-state index contributed by atoms with van der Waals surface area (Å²) >= 11 is 5.28. The van der Waals surface area contributed by atoms with Gasteiger partial charge >= 0.3 is 0 Å². The van der Waals surface area contributed by atoms with Crippen LogP contribution in [-0.2, 0) is 9.59 Å². The molecule has 0 spiro atoms. The molecular formula is C24H20N2O4S. The predicted octanol–water partition coefficient (Wildman–Crippen LogP) is 4.08. The van der Waals surface area contributed by atoms with E-state index >= 15 is 0 Å². The SMILES string of the molecule is CCOc1ccc(N2C(=O)/C(=C/c3c(OC)ccc4ccccc34)C(=O)NC2=S)cc1. The van der Waals surface area contributed by atoms with Gasteiger partial charge in [-0.1, -0.05) is 30.3 Å². The van der Waals surface area contributed by atoms with Gasteiger partial charge in [0, 0.05) is 5.56 Å². The first-order valence-electron chi connectivity index (χ1n) is 9.73. The first-order chi connectivity index (χ1) is 15.0. The molecule has 6 nitrogen and oxygen atoms in total. The van der Waals surface area contributed by atoms with E-state index in [4.69, 9.17) is 21.7 Å². The molecule has 156 valence electrons. The van der Waals surface area contributed by atoms with Gasteiger partial charge in [0.25, 0.3) is 11.8 Å². The van der Waals surface area contributed by atoms with E-state index in [1.54, 1.807) is 37.5 Å². The maximum absolute atomic E-state index is 13.3. The zero-order valence-electron chi connectivity index (χ0n) is 17.0. The molecule has 0 radical (unpaired) electrons. The Labute approximate surface area is 185 Å². The van der Waals surface area contributed by atoms with Crippen molar-refractivity contribution in [3.63, 3.8) is 0 Å². The Morgan fingerprint density at radius 1 is 1.03 bits per heavy atom. The molecule has 0 bridgehead atoms. The molecule has 0 aromatic heterocycles. The molecule has 3 aromatic rings. The minimum Gasteiger partial charge on any atom is -0.496 e. The van der Waals surface area contributed by atoms with Gasteiger partial charge in [0.15, 0.2) is 5.11 Å². The maximum Gasteiger partial charge on any atom is 0.270 e. The van der Waals surface area contributed by atoms with E-state index in [0.717, 1.165) is 10.8 Å². The first kappa shape index (κ1) is 20.6. The van der Waals surface area contributed by atoms with Crippen molar-refractivity contribution in [1.29, 1.82) is 0 Å². The monoisotopic (exact) mass is 432 g/mol. The molecule has 4 rings (SSSR count). The second-order valence-electron chi connectivity index (χ2n) is 6.79. The number of fused-ring (bicyclic) bond motifs is 1. The van der Waals surface area contributed by atoms with Crippen molar-refractivity contribution in [2.75, 3.05) is 18.6 Å². The zero-order chi connectivity index (χ0) is 22.0. The predicted molar refractivity (Wildman–Crippen MR) is 124 cm³/mol. The fourth-order valence-electron chi connectivity index (χ4n) is 3.50. The van der Waals surface area contributed by atoms with Gasteiger partial charge in [-0.3, -0.25) is 19.8 Å². The van der Waals surface area contributed by atoms with E-state index < -0.39 is 11.8 Å². The summed E-state index contributed by atoms with van der Waals surface area (Å²) in [5, 5.41) is 4.48. The Morgan fingerprint density at radius 3 is 2.48 bits per heavy atom. The van der Waals surface area contributed by atoms with Crippen molar-refractivity contribution < 1.29 is 19.1 Å². The van der Waals surface area contributed by atoms with Crippen LogP contribution in [0.25, 0.3) is 16.8 Å². The lowest BCUT2D eigenvalue weighted by atomic mass is 9.99. The van der Waals surface area contributed by atoms with Crippen molar-refractivity contribution in [1.82, 2.24) is 5.32 Å². The Bertz CT molecular complexity index is 1220. The summed E-state index contributed by atoms with van der Waals surface area (Å²) in [6.07, 6.45) is 1.56. The number of carbonyl (C=O) groups is 2. The minimum atomic E-state index is -0.549. The number of benzene rings is 3. The van der Waals surface area contributed by atoms with Crippen LogP contribution in [0.2, 0.25) is 0 Å². The molecule has 1 aliphatic heterocycles.